The number of hydrogen-bond acceptors (Lipinski definition) is 4. The van der Waals surface area contributed by atoms with Crippen molar-refractivity contribution in [1.29, 1.82) is 0 Å². The molecule has 2 rings (SSSR count). The number of nitrogens with zero attached hydrogens (tertiary/aromatic N) is 1. The van der Waals surface area contributed by atoms with Crippen LogP contribution < -0.4 is 11.1 Å². The fraction of sp³-hybridized carbons (Fsp3) is 0.0769. The highest BCUT2D eigenvalue weighted by molar-refractivity contribution is 9.10. The minimum absolute atomic E-state index is 0.0117. The van der Waals surface area contributed by atoms with E-state index in [-0.39, 0.29) is 11.7 Å². The lowest BCUT2D eigenvalue weighted by Crippen LogP contribution is -2.14. The van der Waals surface area contributed by atoms with E-state index in [1.54, 1.807) is 18.2 Å². The molecule has 0 spiro atoms. The first-order chi connectivity index (χ1) is 9.52. The van der Waals surface area contributed by atoms with Gasteiger partial charge in [0.25, 0.3) is 5.91 Å². The van der Waals surface area contributed by atoms with Crippen molar-refractivity contribution in [3.8, 4) is 0 Å². The Balaban J connectivity index is 2.23. The van der Waals surface area contributed by atoms with E-state index in [1.807, 2.05) is 18.4 Å². The number of nitrogens with one attached hydrogen (secondary N) is 1. The fourth-order valence-electron chi connectivity index (χ4n) is 1.62. The van der Waals surface area contributed by atoms with Crippen molar-refractivity contribution in [2.75, 3.05) is 5.32 Å². The SMILES string of the molecule is Cc1ccsc1C(=O)Nc1ccc(/C(N)=N/O)cc1Br. The molecular weight excluding hydrogens is 342 g/mol. The molecular formula is C13H12BrN3O2S. The van der Waals surface area contributed by atoms with Gasteiger partial charge in [-0.25, -0.2) is 0 Å². The number of oxime groups is 1. The van der Waals surface area contributed by atoms with Crippen molar-refractivity contribution >= 4 is 44.7 Å². The largest absolute Gasteiger partial charge is 0.409 e. The first-order valence-corrected chi connectivity index (χ1v) is 7.33. The summed E-state index contributed by atoms with van der Waals surface area (Å²) in [7, 11) is 0. The number of benzene rings is 1. The lowest BCUT2D eigenvalue weighted by Gasteiger charge is -2.08. The number of anilines is 1. The molecule has 0 aliphatic carbocycles. The zero-order valence-corrected chi connectivity index (χ0v) is 13.0. The van der Waals surface area contributed by atoms with E-state index in [1.165, 1.54) is 11.3 Å². The molecule has 0 bridgehead atoms. The van der Waals surface area contributed by atoms with E-state index in [9.17, 15) is 4.79 Å². The maximum absolute atomic E-state index is 12.1. The summed E-state index contributed by atoms with van der Waals surface area (Å²) in [6.45, 7) is 1.89. The van der Waals surface area contributed by atoms with E-state index in [2.05, 4.69) is 26.4 Å². The number of carbonyl (C=O) groups excluding carboxylic acids is 1. The van der Waals surface area contributed by atoms with Gasteiger partial charge in [0, 0.05) is 10.0 Å². The van der Waals surface area contributed by atoms with Gasteiger partial charge in [0.1, 0.15) is 0 Å². The van der Waals surface area contributed by atoms with Crippen LogP contribution in [0.25, 0.3) is 0 Å². The molecule has 0 radical (unpaired) electrons. The van der Waals surface area contributed by atoms with Crippen molar-refractivity contribution in [3.05, 3.63) is 50.1 Å². The number of rotatable bonds is 3. The summed E-state index contributed by atoms with van der Waals surface area (Å²) in [6.07, 6.45) is 0. The Morgan fingerprint density at radius 3 is 2.75 bits per heavy atom. The van der Waals surface area contributed by atoms with Gasteiger partial charge in [0.2, 0.25) is 0 Å². The molecule has 2 aromatic rings. The molecule has 1 amide bonds. The number of carbonyl (C=O) groups is 1. The summed E-state index contributed by atoms with van der Waals surface area (Å²) in [4.78, 5) is 12.8. The van der Waals surface area contributed by atoms with Crippen LogP contribution in [-0.2, 0) is 0 Å². The van der Waals surface area contributed by atoms with Crippen molar-refractivity contribution in [2.45, 2.75) is 6.92 Å². The lowest BCUT2D eigenvalue weighted by molar-refractivity contribution is 0.103. The Hall–Kier alpha value is -1.86. The minimum Gasteiger partial charge on any atom is -0.409 e. The predicted octanol–water partition coefficient (Wildman–Crippen LogP) is 3.17. The van der Waals surface area contributed by atoms with Crippen LogP contribution in [0.3, 0.4) is 0 Å². The average molecular weight is 354 g/mol. The Labute approximate surface area is 128 Å². The second kappa shape index (κ2) is 6.06. The maximum atomic E-state index is 12.1. The van der Waals surface area contributed by atoms with Gasteiger partial charge in [-0.1, -0.05) is 5.16 Å². The summed E-state index contributed by atoms with van der Waals surface area (Å²) < 4.78 is 0.657. The van der Waals surface area contributed by atoms with E-state index in [4.69, 9.17) is 10.9 Å². The number of halogens is 1. The van der Waals surface area contributed by atoms with Crippen LogP contribution in [0.1, 0.15) is 20.8 Å². The number of amides is 1. The van der Waals surface area contributed by atoms with E-state index in [0.717, 1.165) is 5.56 Å². The topological polar surface area (TPSA) is 87.7 Å². The number of nitrogens with two attached hydrogens (primary N) is 1. The third-order valence-electron chi connectivity index (χ3n) is 2.69. The Morgan fingerprint density at radius 2 is 2.20 bits per heavy atom. The van der Waals surface area contributed by atoms with Crippen LogP contribution in [0.2, 0.25) is 0 Å². The first kappa shape index (κ1) is 14.5. The maximum Gasteiger partial charge on any atom is 0.266 e. The first-order valence-electron chi connectivity index (χ1n) is 5.66. The highest BCUT2D eigenvalue weighted by Crippen LogP contribution is 2.25. The zero-order chi connectivity index (χ0) is 14.7. The molecule has 0 saturated carbocycles. The minimum atomic E-state index is -0.158. The van der Waals surface area contributed by atoms with Crippen molar-refractivity contribution in [3.63, 3.8) is 0 Å². The van der Waals surface area contributed by atoms with Gasteiger partial charge in [-0.3, -0.25) is 4.79 Å². The van der Waals surface area contributed by atoms with Gasteiger partial charge < -0.3 is 16.3 Å². The molecule has 1 aromatic carbocycles. The van der Waals surface area contributed by atoms with E-state index >= 15 is 0 Å². The molecule has 0 aliphatic heterocycles. The number of aryl methyl sites for hydroxylation is 1. The van der Waals surface area contributed by atoms with Crippen molar-refractivity contribution in [2.24, 2.45) is 10.9 Å². The standard InChI is InChI=1S/C13H12BrN3O2S/c1-7-4-5-20-11(7)13(18)16-10-3-2-8(6-9(10)14)12(15)17-19/h2-6,19H,1H3,(H2,15,17)(H,16,18). The normalized spacial score (nSPS) is 11.4. The molecule has 0 unspecified atom stereocenters. The smallest absolute Gasteiger partial charge is 0.266 e. The van der Waals surface area contributed by atoms with Gasteiger partial charge in [-0.15, -0.1) is 11.3 Å². The second-order valence-electron chi connectivity index (χ2n) is 4.07. The average Bonchev–Trinajstić information content (AvgIpc) is 2.86. The highest BCUT2D eigenvalue weighted by Gasteiger charge is 2.12. The van der Waals surface area contributed by atoms with Crippen molar-refractivity contribution in [1.82, 2.24) is 0 Å². The molecule has 4 N–H and O–H groups in total. The van der Waals surface area contributed by atoms with Gasteiger partial charge in [-0.05, 0) is 58.1 Å². The number of hydrogen-bond donors (Lipinski definition) is 3. The summed E-state index contributed by atoms with van der Waals surface area (Å²) in [5.41, 5.74) is 7.63. The summed E-state index contributed by atoms with van der Waals surface area (Å²) in [5.74, 6) is -0.146. The van der Waals surface area contributed by atoms with Crippen LogP contribution in [0.4, 0.5) is 5.69 Å². The molecule has 104 valence electrons. The molecule has 0 fully saturated rings. The number of thiophene rings is 1. The summed E-state index contributed by atoms with van der Waals surface area (Å²) in [5, 5.41) is 16.3. The summed E-state index contributed by atoms with van der Waals surface area (Å²) >= 11 is 4.75. The molecule has 0 saturated heterocycles. The van der Waals surface area contributed by atoms with Crippen LogP contribution in [0.15, 0.2) is 39.3 Å². The predicted molar refractivity (Wildman–Crippen MR) is 83.7 cm³/mol. The highest BCUT2D eigenvalue weighted by atomic mass is 79.9. The number of amidine groups is 1. The molecule has 20 heavy (non-hydrogen) atoms. The Kier molecular flexibility index (Phi) is 4.41. The third-order valence-corrected chi connectivity index (χ3v) is 4.36. The quantitative estimate of drug-likeness (QED) is 0.342. The monoisotopic (exact) mass is 353 g/mol. The molecule has 1 heterocycles. The Morgan fingerprint density at radius 1 is 1.45 bits per heavy atom. The fourth-order valence-corrected chi connectivity index (χ4v) is 2.92. The van der Waals surface area contributed by atoms with Crippen LogP contribution in [0.5, 0.6) is 0 Å². The van der Waals surface area contributed by atoms with Gasteiger partial charge >= 0.3 is 0 Å². The van der Waals surface area contributed by atoms with Gasteiger partial charge in [0.05, 0.1) is 10.6 Å². The lowest BCUT2D eigenvalue weighted by atomic mass is 10.2. The van der Waals surface area contributed by atoms with Gasteiger partial charge in [0.15, 0.2) is 5.84 Å². The second-order valence-corrected chi connectivity index (χ2v) is 5.84. The zero-order valence-electron chi connectivity index (χ0n) is 10.6. The Bertz CT molecular complexity index is 682. The molecule has 5 nitrogen and oxygen atoms in total. The van der Waals surface area contributed by atoms with Crippen LogP contribution in [0, 0.1) is 6.92 Å². The summed E-state index contributed by atoms with van der Waals surface area (Å²) in [6, 6.07) is 6.93. The third kappa shape index (κ3) is 3.00. The van der Waals surface area contributed by atoms with E-state index in [0.29, 0.717) is 20.6 Å². The molecule has 0 atom stereocenters. The molecule has 0 aliphatic rings. The van der Waals surface area contributed by atoms with E-state index < -0.39 is 0 Å². The van der Waals surface area contributed by atoms with Crippen LogP contribution in [-0.4, -0.2) is 17.0 Å². The van der Waals surface area contributed by atoms with Crippen molar-refractivity contribution < 1.29 is 10.0 Å². The molecule has 1 aromatic heterocycles. The van der Waals surface area contributed by atoms with Crippen LogP contribution >= 0.6 is 27.3 Å². The van der Waals surface area contributed by atoms with Gasteiger partial charge in [-0.2, -0.15) is 0 Å². The molecule has 7 heteroatoms.